The van der Waals surface area contributed by atoms with E-state index in [-0.39, 0.29) is 12.1 Å². The summed E-state index contributed by atoms with van der Waals surface area (Å²) in [6.07, 6.45) is -3.93. The van der Waals surface area contributed by atoms with Crippen LogP contribution in [0.25, 0.3) is 0 Å². The summed E-state index contributed by atoms with van der Waals surface area (Å²) in [6.45, 7) is 0. The van der Waals surface area contributed by atoms with Crippen LogP contribution in [0.2, 0.25) is 0 Å². The van der Waals surface area contributed by atoms with Gasteiger partial charge in [0.1, 0.15) is 23.6 Å². The molecule has 1 saturated carbocycles. The van der Waals surface area contributed by atoms with Crippen LogP contribution in [0.15, 0.2) is 54.6 Å². The Morgan fingerprint density at radius 2 is 1.79 bits per heavy atom. The predicted molar refractivity (Wildman–Crippen MR) is 120 cm³/mol. The Morgan fingerprint density at radius 1 is 1.09 bits per heavy atom. The first-order chi connectivity index (χ1) is 16.1. The number of hydrogen-bond donors (Lipinski definition) is 7. The number of carbonyl (C=O) groups excluding carboxylic acids is 3. The van der Waals surface area contributed by atoms with Crippen molar-refractivity contribution in [3.63, 3.8) is 0 Å². The van der Waals surface area contributed by atoms with Gasteiger partial charge in [0, 0.05) is 24.9 Å². The first-order valence-corrected chi connectivity index (χ1v) is 10.6. The molecule has 8 N–H and O–H groups in total. The summed E-state index contributed by atoms with van der Waals surface area (Å²) in [6, 6.07) is 10.7. The molecule has 1 fully saturated rings. The first kappa shape index (κ1) is 25.1. The lowest BCUT2D eigenvalue weighted by molar-refractivity contribution is -0.158. The van der Waals surface area contributed by atoms with Crippen LogP contribution in [-0.4, -0.2) is 63.1 Å². The molecule has 0 spiro atoms. The van der Waals surface area contributed by atoms with Gasteiger partial charge >= 0.3 is 6.03 Å². The zero-order chi connectivity index (χ0) is 24.9. The lowest BCUT2D eigenvalue weighted by Crippen LogP contribution is -2.64. The Morgan fingerprint density at radius 3 is 2.44 bits per heavy atom. The number of rotatable bonds is 7. The first-order valence-electron chi connectivity index (χ1n) is 10.6. The van der Waals surface area contributed by atoms with Gasteiger partial charge in [0.15, 0.2) is 0 Å². The van der Waals surface area contributed by atoms with Gasteiger partial charge in [-0.05, 0) is 23.8 Å². The van der Waals surface area contributed by atoms with E-state index < -0.39 is 66.4 Å². The lowest BCUT2D eigenvalue weighted by atomic mass is 9.77. The maximum absolute atomic E-state index is 13.3. The molecule has 1 aliphatic rings. The summed E-state index contributed by atoms with van der Waals surface area (Å²) >= 11 is 0. The highest BCUT2D eigenvalue weighted by Crippen LogP contribution is 2.30. The van der Waals surface area contributed by atoms with Crippen molar-refractivity contribution in [3.05, 3.63) is 66.0 Å². The van der Waals surface area contributed by atoms with Crippen molar-refractivity contribution in [2.75, 3.05) is 5.32 Å². The van der Waals surface area contributed by atoms with Gasteiger partial charge in [0.2, 0.25) is 5.91 Å². The normalized spacial score (nSPS) is 25.1. The van der Waals surface area contributed by atoms with E-state index >= 15 is 0 Å². The number of halogens is 1. The van der Waals surface area contributed by atoms with Crippen LogP contribution in [0.4, 0.5) is 14.9 Å². The minimum absolute atomic E-state index is 0.0842. The summed E-state index contributed by atoms with van der Waals surface area (Å²) in [5.41, 5.74) is 4.08. The van der Waals surface area contributed by atoms with Crippen molar-refractivity contribution in [1.82, 2.24) is 10.6 Å². The van der Waals surface area contributed by atoms with Gasteiger partial charge in [-0.3, -0.25) is 9.59 Å². The van der Waals surface area contributed by atoms with Gasteiger partial charge in [0.05, 0.1) is 12.1 Å². The highest BCUT2D eigenvalue weighted by Gasteiger charge is 2.49. The number of aliphatic hydroxyl groups excluding tert-OH is 2. The molecule has 1 aliphatic carbocycles. The van der Waals surface area contributed by atoms with Crippen LogP contribution in [0, 0.1) is 5.82 Å². The second kappa shape index (κ2) is 10.6. The number of amides is 4. The number of benzene rings is 2. The zero-order valence-electron chi connectivity index (χ0n) is 18.1. The minimum atomic E-state index is -2.21. The molecular weight excluding hydrogens is 447 g/mol. The van der Waals surface area contributed by atoms with Gasteiger partial charge in [-0.25, -0.2) is 9.18 Å². The van der Waals surface area contributed by atoms with Crippen molar-refractivity contribution < 1.29 is 34.1 Å². The number of primary amides is 1. The number of nitrogens with two attached hydrogens (primary N) is 1. The molecule has 2 aromatic rings. The van der Waals surface area contributed by atoms with E-state index in [1.165, 1.54) is 18.2 Å². The molecule has 0 aliphatic heterocycles. The van der Waals surface area contributed by atoms with Gasteiger partial charge in [0.25, 0.3) is 5.91 Å². The monoisotopic (exact) mass is 474 g/mol. The SMILES string of the molecule is NC(=O)[C@@H](Cc1ccccc1)NC(=O)[C@@]1(O)C[C@@H](O)[C@H](O)[C@@H](NC(=O)Nc2cccc(F)c2)C1. The molecule has 0 aromatic heterocycles. The number of anilines is 1. The van der Waals surface area contributed by atoms with E-state index in [0.29, 0.717) is 0 Å². The van der Waals surface area contributed by atoms with Gasteiger partial charge < -0.3 is 37.0 Å². The van der Waals surface area contributed by atoms with Crippen molar-refractivity contribution >= 4 is 23.5 Å². The molecule has 11 heteroatoms. The topological polar surface area (TPSA) is 174 Å². The molecule has 0 unspecified atom stereocenters. The molecule has 0 saturated heterocycles. The highest BCUT2D eigenvalue weighted by atomic mass is 19.1. The third-order valence-electron chi connectivity index (χ3n) is 5.66. The van der Waals surface area contributed by atoms with Gasteiger partial charge in [-0.2, -0.15) is 0 Å². The average Bonchev–Trinajstić information content (AvgIpc) is 2.77. The van der Waals surface area contributed by atoms with Crippen LogP contribution >= 0.6 is 0 Å². The van der Waals surface area contributed by atoms with Crippen molar-refractivity contribution in [2.24, 2.45) is 5.73 Å². The summed E-state index contributed by atoms with van der Waals surface area (Å²) < 4.78 is 13.3. The summed E-state index contributed by atoms with van der Waals surface area (Å²) in [5, 5.41) is 38.7. The largest absolute Gasteiger partial charge is 0.390 e. The fourth-order valence-electron chi connectivity index (χ4n) is 3.89. The maximum Gasteiger partial charge on any atom is 0.319 e. The fraction of sp³-hybridized carbons (Fsp3) is 0.348. The zero-order valence-corrected chi connectivity index (χ0v) is 18.1. The number of urea groups is 1. The van der Waals surface area contributed by atoms with E-state index in [2.05, 4.69) is 16.0 Å². The third kappa shape index (κ3) is 6.28. The van der Waals surface area contributed by atoms with Crippen LogP contribution in [-0.2, 0) is 16.0 Å². The van der Waals surface area contributed by atoms with Crippen molar-refractivity contribution in [1.29, 1.82) is 0 Å². The standard InChI is InChI=1S/C23H27FN4O6/c24-14-7-4-8-15(10-14)26-22(33)28-17-11-23(34,12-18(29)19(17)30)21(32)27-16(20(25)31)9-13-5-2-1-3-6-13/h1-8,10,16-19,29-30,34H,9,11-12H2,(H2,25,31)(H,27,32)(H2,26,28,33)/t16-,17+,18-,19-,23+/m1/s1. The Bertz CT molecular complexity index is 1040. The molecule has 2 aromatic carbocycles. The van der Waals surface area contributed by atoms with Crippen molar-refractivity contribution in [3.8, 4) is 0 Å². The van der Waals surface area contributed by atoms with E-state index in [0.717, 1.165) is 11.6 Å². The molecule has 10 nitrogen and oxygen atoms in total. The minimum Gasteiger partial charge on any atom is -0.390 e. The average molecular weight is 474 g/mol. The van der Waals surface area contributed by atoms with Crippen LogP contribution in [0.5, 0.6) is 0 Å². The molecule has 0 heterocycles. The Balaban J connectivity index is 1.68. The number of hydrogen-bond acceptors (Lipinski definition) is 6. The molecular formula is C23H27FN4O6. The Hall–Kier alpha value is -3.54. The summed E-state index contributed by atoms with van der Waals surface area (Å²) in [7, 11) is 0. The molecule has 34 heavy (non-hydrogen) atoms. The third-order valence-corrected chi connectivity index (χ3v) is 5.66. The molecule has 0 bridgehead atoms. The molecule has 5 atom stereocenters. The highest BCUT2D eigenvalue weighted by molar-refractivity contribution is 5.92. The number of aliphatic hydroxyl groups is 3. The van der Waals surface area contributed by atoms with E-state index in [1.54, 1.807) is 30.3 Å². The van der Waals surface area contributed by atoms with Crippen LogP contribution in [0.3, 0.4) is 0 Å². The Kier molecular flexibility index (Phi) is 7.82. The summed E-state index contributed by atoms with van der Waals surface area (Å²) in [4.78, 5) is 37.1. The smallest absolute Gasteiger partial charge is 0.319 e. The van der Waals surface area contributed by atoms with Gasteiger partial charge in [-0.15, -0.1) is 0 Å². The number of carbonyl (C=O) groups is 3. The Labute approximate surface area is 195 Å². The molecule has 4 amide bonds. The fourth-order valence-corrected chi connectivity index (χ4v) is 3.89. The van der Waals surface area contributed by atoms with Crippen LogP contribution in [0.1, 0.15) is 18.4 Å². The second-order valence-corrected chi connectivity index (χ2v) is 8.33. The predicted octanol–water partition coefficient (Wildman–Crippen LogP) is -0.225. The second-order valence-electron chi connectivity index (χ2n) is 8.33. The lowest BCUT2D eigenvalue weighted by Gasteiger charge is -2.41. The van der Waals surface area contributed by atoms with E-state index in [1.807, 2.05) is 0 Å². The molecule has 182 valence electrons. The maximum atomic E-state index is 13.3. The van der Waals surface area contributed by atoms with Gasteiger partial charge in [-0.1, -0.05) is 36.4 Å². The van der Waals surface area contributed by atoms with Crippen LogP contribution < -0.4 is 21.7 Å². The van der Waals surface area contributed by atoms with E-state index in [4.69, 9.17) is 5.73 Å². The molecule has 3 rings (SSSR count). The number of nitrogens with one attached hydrogen (secondary N) is 3. The summed E-state index contributed by atoms with van der Waals surface area (Å²) in [5.74, 6) is -2.37. The van der Waals surface area contributed by atoms with Crippen molar-refractivity contribution in [2.45, 2.75) is 49.2 Å². The molecule has 0 radical (unpaired) electrons. The van der Waals surface area contributed by atoms with E-state index in [9.17, 15) is 34.1 Å². The quantitative estimate of drug-likeness (QED) is 0.292.